The van der Waals surface area contributed by atoms with Crippen LogP contribution in [-0.2, 0) is 17.9 Å². The van der Waals surface area contributed by atoms with Crippen molar-refractivity contribution in [3.05, 3.63) is 59.7 Å². The third-order valence-electron chi connectivity index (χ3n) is 3.35. The van der Waals surface area contributed by atoms with Crippen molar-refractivity contribution < 1.29 is 14.3 Å². The largest absolute Gasteiger partial charge is 0.493 e. The zero-order valence-electron chi connectivity index (χ0n) is 13.8. The minimum atomic E-state index is -0.523. The third-order valence-corrected chi connectivity index (χ3v) is 3.35. The summed E-state index contributed by atoms with van der Waals surface area (Å²) >= 11 is 0. The molecule has 2 aromatic carbocycles. The molecule has 0 aliphatic rings. The van der Waals surface area contributed by atoms with Crippen LogP contribution in [0.25, 0.3) is 0 Å². The number of carbonyl (C=O) groups is 1. The van der Waals surface area contributed by atoms with Crippen molar-refractivity contribution in [2.45, 2.75) is 26.1 Å². The predicted molar refractivity (Wildman–Crippen MR) is 96.5 cm³/mol. The first-order valence-corrected chi connectivity index (χ1v) is 7.47. The van der Waals surface area contributed by atoms with E-state index >= 15 is 0 Å². The first-order valence-electron chi connectivity index (χ1n) is 7.47. The van der Waals surface area contributed by atoms with Gasteiger partial charge >= 0.3 is 0 Å². The van der Waals surface area contributed by atoms with Gasteiger partial charge in [-0.05, 0) is 30.2 Å². The molecule has 5 nitrogen and oxygen atoms in total. The van der Waals surface area contributed by atoms with Crippen LogP contribution in [0.1, 0.15) is 18.1 Å². The summed E-state index contributed by atoms with van der Waals surface area (Å²) in [5, 5.41) is 2.77. The maximum Gasteiger partial charge on any atom is 0.236 e. The summed E-state index contributed by atoms with van der Waals surface area (Å²) in [6.07, 6.45) is 0. The number of methoxy groups -OCH3 is 1. The highest BCUT2D eigenvalue weighted by molar-refractivity contribution is 5.85. The van der Waals surface area contributed by atoms with Gasteiger partial charge in [0, 0.05) is 6.54 Å². The number of carbonyl (C=O) groups excluding carboxylic acids is 1. The number of nitrogens with two attached hydrogens (primary N) is 1. The lowest BCUT2D eigenvalue weighted by Gasteiger charge is -2.13. The number of hydrogen-bond donors (Lipinski definition) is 2. The molecule has 2 aromatic rings. The molecule has 1 amide bonds. The van der Waals surface area contributed by atoms with E-state index in [0.717, 1.165) is 11.1 Å². The van der Waals surface area contributed by atoms with Crippen LogP contribution in [0.5, 0.6) is 11.5 Å². The summed E-state index contributed by atoms with van der Waals surface area (Å²) in [6, 6.07) is 15.0. The lowest BCUT2D eigenvalue weighted by molar-refractivity contribution is -0.122. The summed E-state index contributed by atoms with van der Waals surface area (Å²) in [5.41, 5.74) is 7.52. The molecule has 0 fully saturated rings. The van der Waals surface area contributed by atoms with E-state index in [0.29, 0.717) is 24.7 Å². The van der Waals surface area contributed by atoms with E-state index in [2.05, 4.69) is 5.32 Å². The highest BCUT2D eigenvalue weighted by Gasteiger charge is 2.09. The standard InChI is InChI=1S/C18H22N2O3.ClH/c1-13(19)18(21)20-11-15-8-9-16(17(10-15)22-2)23-12-14-6-4-3-5-7-14;/h3-10,13H,11-12,19H2,1-2H3,(H,20,21);1H/t13-;/m0./s1. The Balaban J connectivity index is 0.00000288. The maximum atomic E-state index is 11.5. The number of hydrogen-bond acceptors (Lipinski definition) is 4. The Morgan fingerprint density at radius 3 is 2.46 bits per heavy atom. The van der Waals surface area contributed by atoms with Crippen LogP contribution in [0.2, 0.25) is 0 Å². The van der Waals surface area contributed by atoms with Crippen LogP contribution in [0, 0.1) is 0 Å². The van der Waals surface area contributed by atoms with Crippen LogP contribution in [0.4, 0.5) is 0 Å². The van der Waals surface area contributed by atoms with Gasteiger partial charge < -0.3 is 20.5 Å². The second-order valence-electron chi connectivity index (χ2n) is 5.27. The molecule has 0 bridgehead atoms. The zero-order valence-corrected chi connectivity index (χ0v) is 14.6. The molecule has 0 aliphatic heterocycles. The van der Waals surface area contributed by atoms with Crippen LogP contribution in [0.3, 0.4) is 0 Å². The van der Waals surface area contributed by atoms with E-state index in [-0.39, 0.29) is 18.3 Å². The summed E-state index contributed by atoms with van der Waals surface area (Å²) in [5.74, 6) is 1.11. The third kappa shape index (κ3) is 5.76. The minimum absolute atomic E-state index is 0. The highest BCUT2D eigenvalue weighted by atomic mass is 35.5. The number of ether oxygens (including phenoxy) is 2. The monoisotopic (exact) mass is 350 g/mol. The summed E-state index contributed by atoms with van der Waals surface area (Å²) in [7, 11) is 1.59. The van der Waals surface area contributed by atoms with Gasteiger partial charge in [0.15, 0.2) is 11.5 Å². The van der Waals surface area contributed by atoms with Crippen molar-refractivity contribution in [2.75, 3.05) is 7.11 Å². The van der Waals surface area contributed by atoms with Crippen molar-refractivity contribution in [1.29, 1.82) is 0 Å². The fourth-order valence-electron chi connectivity index (χ4n) is 2.03. The van der Waals surface area contributed by atoms with E-state index in [9.17, 15) is 4.79 Å². The van der Waals surface area contributed by atoms with Crippen LogP contribution >= 0.6 is 12.4 Å². The first kappa shape index (κ1) is 19.8. The number of benzene rings is 2. The Labute approximate surface area is 148 Å². The Hall–Kier alpha value is -2.24. The van der Waals surface area contributed by atoms with Gasteiger partial charge in [0.2, 0.25) is 5.91 Å². The second-order valence-corrected chi connectivity index (χ2v) is 5.27. The average molecular weight is 351 g/mol. The smallest absolute Gasteiger partial charge is 0.236 e. The zero-order chi connectivity index (χ0) is 16.7. The van der Waals surface area contributed by atoms with Gasteiger partial charge in [0.1, 0.15) is 6.61 Å². The summed E-state index contributed by atoms with van der Waals surface area (Å²) < 4.78 is 11.2. The fourth-order valence-corrected chi connectivity index (χ4v) is 2.03. The maximum absolute atomic E-state index is 11.5. The van der Waals surface area contributed by atoms with Crippen LogP contribution < -0.4 is 20.5 Å². The lowest BCUT2D eigenvalue weighted by atomic mass is 10.2. The van der Waals surface area contributed by atoms with Crippen molar-refractivity contribution >= 4 is 18.3 Å². The molecular formula is C18H23ClN2O3. The topological polar surface area (TPSA) is 73.6 Å². The fraction of sp³-hybridized carbons (Fsp3) is 0.278. The molecule has 0 saturated heterocycles. The Morgan fingerprint density at radius 1 is 1.12 bits per heavy atom. The van der Waals surface area contributed by atoms with Gasteiger partial charge in [0.25, 0.3) is 0 Å². The van der Waals surface area contributed by atoms with Gasteiger partial charge in [-0.25, -0.2) is 0 Å². The van der Waals surface area contributed by atoms with Crippen molar-refractivity contribution in [1.82, 2.24) is 5.32 Å². The SMILES string of the molecule is COc1cc(CNC(=O)[C@H](C)N)ccc1OCc1ccccc1.Cl. The number of amides is 1. The highest BCUT2D eigenvalue weighted by Crippen LogP contribution is 2.28. The summed E-state index contributed by atoms with van der Waals surface area (Å²) in [6.45, 7) is 2.52. The van der Waals surface area contributed by atoms with E-state index < -0.39 is 6.04 Å². The molecule has 1 atom stereocenters. The van der Waals surface area contributed by atoms with Gasteiger partial charge in [-0.2, -0.15) is 0 Å². The molecule has 0 saturated carbocycles. The molecule has 0 spiro atoms. The molecule has 6 heteroatoms. The lowest BCUT2D eigenvalue weighted by Crippen LogP contribution is -2.37. The summed E-state index contributed by atoms with van der Waals surface area (Å²) in [4.78, 5) is 11.5. The van der Waals surface area contributed by atoms with E-state index in [4.69, 9.17) is 15.2 Å². The van der Waals surface area contributed by atoms with Gasteiger partial charge in [0.05, 0.1) is 13.2 Å². The molecule has 130 valence electrons. The molecule has 0 unspecified atom stereocenters. The van der Waals surface area contributed by atoms with Crippen molar-refractivity contribution in [3.8, 4) is 11.5 Å². The van der Waals surface area contributed by atoms with Crippen LogP contribution in [0.15, 0.2) is 48.5 Å². The molecule has 0 radical (unpaired) electrons. The molecule has 0 aliphatic carbocycles. The Morgan fingerprint density at radius 2 is 1.83 bits per heavy atom. The van der Waals surface area contributed by atoms with Crippen LogP contribution in [-0.4, -0.2) is 19.1 Å². The number of nitrogens with one attached hydrogen (secondary N) is 1. The number of rotatable bonds is 7. The molecule has 0 heterocycles. The second kappa shape index (κ2) is 9.80. The van der Waals surface area contributed by atoms with E-state index in [1.807, 2.05) is 48.5 Å². The first-order chi connectivity index (χ1) is 11.1. The molecular weight excluding hydrogens is 328 g/mol. The van der Waals surface area contributed by atoms with Gasteiger partial charge in [-0.3, -0.25) is 4.79 Å². The molecule has 24 heavy (non-hydrogen) atoms. The Kier molecular flexibility index (Phi) is 8.09. The van der Waals surface area contributed by atoms with E-state index in [1.54, 1.807) is 14.0 Å². The quantitative estimate of drug-likeness (QED) is 0.805. The Bertz CT molecular complexity index is 648. The molecule has 3 N–H and O–H groups in total. The van der Waals surface area contributed by atoms with Crippen molar-refractivity contribution in [2.24, 2.45) is 5.73 Å². The normalized spacial score (nSPS) is 11.1. The number of halogens is 1. The van der Waals surface area contributed by atoms with Crippen molar-refractivity contribution in [3.63, 3.8) is 0 Å². The average Bonchev–Trinajstić information content (AvgIpc) is 2.58. The molecule has 0 aromatic heterocycles. The van der Waals surface area contributed by atoms with E-state index in [1.165, 1.54) is 0 Å². The predicted octanol–water partition coefficient (Wildman–Crippen LogP) is 2.66. The van der Waals surface area contributed by atoms with Gasteiger partial charge in [-0.15, -0.1) is 12.4 Å². The minimum Gasteiger partial charge on any atom is -0.493 e. The molecule has 2 rings (SSSR count). The van der Waals surface area contributed by atoms with Gasteiger partial charge in [-0.1, -0.05) is 36.4 Å².